The van der Waals surface area contributed by atoms with Gasteiger partial charge in [-0.1, -0.05) is 24.3 Å². The Bertz CT molecular complexity index is 967. The molecule has 0 aliphatic carbocycles. The van der Waals surface area contributed by atoms with Crippen molar-refractivity contribution in [1.29, 1.82) is 0 Å². The molecule has 1 aliphatic heterocycles. The van der Waals surface area contributed by atoms with Crippen LogP contribution in [0.1, 0.15) is 29.5 Å². The van der Waals surface area contributed by atoms with Crippen LogP contribution in [-0.2, 0) is 22.4 Å². The lowest BCUT2D eigenvalue weighted by atomic mass is 9.98. The number of amides is 2. The van der Waals surface area contributed by atoms with E-state index in [9.17, 15) is 22.8 Å². The van der Waals surface area contributed by atoms with E-state index in [-0.39, 0.29) is 30.2 Å². The van der Waals surface area contributed by atoms with Gasteiger partial charge >= 0.3 is 0 Å². The molecule has 1 unspecified atom stereocenters. The second-order valence-electron chi connectivity index (χ2n) is 7.90. The van der Waals surface area contributed by atoms with Gasteiger partial charge in [0, 0.05) is 38.0 Å². The highest BCUT2D eigenvalue weighted by molar-refractivity contribution is 5.88. The Morgan fingerprint density at radius 3 is 2.61 bits per heavy atom. The van der Waals surface area contributed by atoms with Gasteiger partial charge in [-0.3, -0.25) is 9.59 Å². The fraction of sp³-hybridized carbons (Fsp3) is 0.391. The number of hydrogen-bond acceptors (Lipinski definition) is 3. The number of carbonyl (C=O) groups excluding carboxylic acids is 2. The molecule has 166 valence electrons. The second kappa shape index (κ2) is 9.96. The van der Waals surface area contributed by atoms with Crippen molar-refractivity contribution in [3.8, 4) is 0 Å². The minimum atomic E-state index is -1.28. The molecule has 1 aliphatic rings. The monoisotopic (exact) mass is 433 g/mol. The number of benzene rings is 2. The maximum absolute atomic E-state index is 13.9. The van der Waals surface area contributed by atoms with Crippen LogP contribution in [0.5, 0.6) is 0 Å². The van der Waals surface area contributed by atoms with E-state index in [0.29, 0.717) is 32.0 Å². The number of rotatable bonds is 6. The molecule has 5 nitrogen and oxygen atoms in total. The smallest absolute Gasteiger partial charge is 0.243 e. The third kappa shape index (κ3) is 5.64. The first-order valence-corrected chi connectivity index (χ1v) is 10.3. The van der Waals surface area contributed by atoms with Crippen molar-refractivity contribution in [2.75, 3.05) is 13.1 Å². The molecule has 2 atom stereocenters. The van der Waals surface area contributed by atoms with Gasteiger partial charge in [0.25, 0.3) is 0 Å². The molecular weight excluding hydrogens is 407 g/mol. The third-order valence-electron chi connectivity index (χ3n) is 5.56. The number of halogens is 3. The Morgan fingerprint density at radius 2 is 1.87 bits per heavy atom. The van der Waals surface area contributed by atoms with Crippen LogP contribution in [0.4, 0.5) is 13.2 Å². The number of aryl methyl sites for hydroxylation is 1. The van der Waals surface area contributed by atoms with Crippen LogP contribution in [0.2, 0.25) is 0 Å². The van der Waals surface area contributed by atoms with Gasteiger partial charge in [0.2, 0.25) is 11.8 Å². The predicted molar refractivity (Wildman–Crippen MR) is 111 cm³/mol. The van der Waals surface area contributed by atoms with Gasteiger partial charge in [0.05, 0.1) is 0 Å². The average Bonchev–Trinajstić information content (AvgIpc) is 2.89. The van der Waals surface area contributed by atoms with E-state index >= 15 is 0 Å². The third-order valence-corrected chi connectivity index (χ3v) is 5.56. The summed E-state index contributed by atoms with van der Waals surface area (Å²) in [5, 5.41) is 2.84. The van der Waals surface area contributed by atoms with Crippen molar-refractivity contribution in [1.82, 2.24) is 10.2 Å². The molecule has 0 aromatic heterocycles. The van der Waals surface area contributed by atoms with Crippen molar-refractivity contribution >= 4 is 11.8 Å². The topological polar surface area (TPSA) is 75.4 Å². The number of nitrogens with zero attached hydrogens (tertiary/aromatic N) is 1. The molecule has 0 radical (unpaired) electrons. The van der Waals surface area contributed by atoms with Crippen molar-refractivity contribution in [2.24, 2.45) is 5.73 Å². The zero-order chi connectivity index (χ0) is 22.5. The van der Waals surface area contributed by atoms with Crippen LogP contribution in [0.25, 0.3) is 0 Å². The van der Waals surface area contributed by atoms with E-state index in [1.807, 2.05) is 31.2 Å². The zero-order valence-corrected chi connectivity index (χ0v) is 17.3. The highest BCUT2D eigenvalue weighted by Gasteiger charge is 2.32. The van der Waals surface area contributed by atoms with Crippen LogP contribution in [0.15, 0.2) is 36.4 Å². The second-order valence-corrected chi connectivity index (χ2v) is 7.90. The quantitative estimate of drug-likeness (QED) is 0.688. The Hall–Kier alpha value is -2.87. The average molecular weight is 433 g/mol. The summed E-state index contributed by atoms with van der Waals surface area (Å²) in [5.74, 6) is -3.91. The molecule has 3 N–H and O–H groups in total. The normalized spacial score (nSPS) is 17.8. The molecule has 2 amide bonds. The van der Waals surface area contributed by atoms with Gasteiger partial charge < -0.3 is 16.0 Å². The summed E-state index contributed by atoms with van der Waals surface area (Å²) in [4.78, 5) is 27.2. The lowest BCUT2D eigenvalue weighted by Crippen LogP contribution is -2.49. The van der Waals surface area contributed by atoms with E-state index in [0.717, 1.165) is 17.2 Å². The summed E-state index contributed by atoms with van der Waals surface area (Å²) in [7, 11) is 0. The molecular formula is C23H26F3N3O2. The molecule has 8 heteroatoms. The number of carbonyl (C=O) groups is 2. The standard InChI is InChI=1S/C23H26F3N3O2/c1-14-5-2-3-6-15(14)11-21-23(31)28-7-4-8-29(21)22(30)12-17(27)9-16-10-19(25)20(26)13-18(16)24/h2-3,5-6,10,13,17,21H,4,7-9,11-12,27H2,1H3,(H,28,31)/t17-,21?/m1/s1. The molecule has 1 fully saturated rings. The summed E-state index contributed by atoms with van der Waals surface area (Å²) in [5.41, 5.74) is 7.94. The van der Waals surface area contributed by atoms with E-state index in [1.165, 1.54) is 4.90 Å². The predicted octanol–water partition coefficient (Wildman–Crippen LogP) is 2.63. The minimum Gasteiger partial charge on any atom is -0.354 e. The summed E-state index contributed by atoms with van der Waals surface area (Å²) >= 11 is 0. The van der Waals surface area contributed by atoms with Crippen LogP contribution >= 0.6 is 0 Å². The van der Waals surface area contributed by atoms with Crippen molar-refractivity contribution in [3.05, 3.63) is 70.5 Å². The van der Waals surface area contributed by atoms with E-state index in [2.05, 4.69) is 5.32 Å². The molecule has 0 saturated carbocycles. The summed E-state index contributed by atoms with van der Waals surface area (Å²) in [6, 6.07) is 7.41. The van der Waals surface area contributed by atoms with Gasteiger partial charge in [-0.05, 0) is 42.5 Å². The Morgan fingerprint density at radius 1 is 1.16 bits per heavy atom. The first-order chi connectivity index (χ1) is 14.8. The summed E-state index contributed by atoms with van der Waals surface area (Å²) in [6.45, 7) is 2.81. The Labute approximate surface area is 179 Å². The summed E-state index contributed by atoms with van der Waals surface area (Å²) < 4.78 is 40.5. The van der Waals surface area contributed by atoms with Crippen molar-refractivity contribution in [2.45, 2.75) is 44.7 Å². The van der Waals surface area contributed by atoms with Crippen molar-refractivity contribution in [3.63, 3.8) is 0 Å². The highest BCUT2D eigenvalue weighted by atomic mass is 19.2. The maximum Gasteiger partial charge on any atom is 0.243 e. The fourth-order valence-corrected chi connectivity index (χ4v) is 3.84. The van der Waals surface area contributed by atoms with Gasteiger partial charge in [-0.25, -0.2) is 13.2 Å². The number of hydrogen-bond donors (Lipinski definition) is 2. The molecule has 3 rings (SSSR count). The molecule has 2 aromatic carbocycles. The minimum absolute atomic E-state index is 0.0933. The largest absolute Gasteiger partial charge is 0.354 e. The first kappa shape index (κ1) is 22.8. The molecule has 2 aromatic rings. The van der Waals surface area contributed by atoms with E-state index in [4.69, 9.17) is 5.73 Å². The van der Waals surface area contributed by atoms with E-state index < -0.39 is 29.5 Å². The summed E-state index contributed by atoms with van der Waals surface area (Å²) in [6.07, 6.45) is 0.708. The van der Waals surface area contributed by atoms with Crippen LogP contribution in [0, 0.1) is 24.4 Å². The lowest BCUT2D eigenvalue weighted by molar-refractivity contribution is -0.139. The van der Waals surface area contributed by atoms with Gasteiger partial charge in [-0.2, -0.15) is 0 Å². The lowest BCUT2D eigenvalue weighted by Gasteiger charge is -2.30. The maximum atomic E-state index is 13.9. The van der Waals surface area contributed by atoms with Crippen LogP contribution in [-0.4, -0.2) is 41.9 Å². The van der Waals surface area contributed by atoms with Crippen molar-refractivity contribution < 1.29 is 22.8 Å². The van der Waals surface area contributed by atoms with Gasteiger partial charge in [-0.15, -0.1) is 0 Å². The molecule has 1 heterocycles. The van der Waals surface area contributed by atoms with Crippen LogP contribution in [0.3, 0.4) is 0 Å². The number of nitrogens with one attached hydrogen (secondary N) is 1. The van der Waals surface area contributed by atoms with Gasteiger partial charge in [0.1, 0.15) is 11.9 Å². The van der Waals surface area contributed by atoms with Crippen LogP contribution < -0.4 is 11.1 Å². The fourth-order valence-electron chi connectivity index (χ4n) is 3.84. The first-order valence-electron chi connectivity index (χ1n) is 10.3. The molecule has 0 bridgehead atoms. The molecule has 0 spiro atoms. The SMILES string of the molecule is Cc1ccccc1CC1C(=O)NCCCN1C(=O)C[C@H](N)Cc1cc(F)c(F)cc1F. The Kier molecular flexibility index (Phi) is 7.33. The molecule has 31 heavy (non-hydrogen) atoms. The molecule has 1 saturated heterocycles. The Balaban J connectivity index is 1.73. The highest BCUT2D eigenvalue weighted by Crippen LogP contribution is 2.19. The van der Waals surface area contributed by atoms with Gasteiger partial charge in [0.15, 0.2) is 11.6 Å². The van der Waals surface area contributed by atoms with E-state index in [1.54, 1.807) is 0 Å². The zero-order valence-electron chi connectivity index (χ0n) is 17.3. The number of nitrogens with two attached hydrogens (primary N) is 1.